The second-order valence-electron chi connectivity index (χ2n) is 4.20. The molecule has 0 rings (SSSR count). The molecule has 0 unspecified atom stereocenters. The molecule has 0 aliphatic rings. The fraction of sp³-hybridized carbons (Fsp3) is 0.909. The zero-order valence-corrected chi connectivity index (χ0v) is 10.1. The van der Waals surface area contributed by atoms with Gasteiger partial charge in [0.05, 0.1) is 13.2 Å². The largest absolute Gasteiger partial charge is 0.395 e. The average Bonchev–Trinajstić information content (AvgIpc) is 2.15. The van der Waals surface area contributed by atoms with Gasteiger partial charge in [-0.1, -0.05) is 20.8 Å². The lowest BCUT2D eigenvalue weighted by Gasteiger charge is -2.20. The topological polar surface area (TPSA) is 52.6 Å². The first-order valence-electron chi connectivity index (χ1n) is 5.70. The van der Waals surface area contributed by atoms with Gasteiger partial charge in [0.2, 0.25) is 5.91 Å². The van der Waals surface area contributed by atoms with Crippen LogP contribution in [0.1, 0.15) is 27.2 Å². The van der Waals surface area contributed by atoms with Gasteiger partial charge >= 0.3 is 0 Å². The molecule has 0 spiro atoms. The van der Waals surface area contributed by atoms with Gasteiger partial charge in [-0.3, -0.25) is 9.69 Å². The summed E-state index contributed by atoms with van der Waals surface area (Å²) >= 11 is 0. The van der Waals surface area contributed by atoms with Crippen LogP contribution in [0.15, 0.2) is 0 Å². The van der Waals surface area contributed by atoms with E-state index in [4.69, 9.17) is 5.11 Å². The Hall–Kier alpha value is -0.610. The molecule has 2 N–H and O–H groups in total. The number of nitrogens with one attached hydrogen (secondary N) is 1. The van der Waals surface area contributed by atoms with E-state index in [1.54, 1.807) is 0 Å². The molecule has 15 heavy (non-hydrogen) atoms. The molecule has 4 nitrogen and oxygen atoms in total. The molecule has 0 saturated carbocycles. The van der Waals surface area contributed by atoms with Crippen LogP contribution in [-0.2, 0) is 4.79 Å². The van der Waals surface area contributed by atoms with E-state index in [9.17, 15) is 4.79 Å². The predicted octanol–water partition coefficient (Wildman–Crippen LogP) is 0.463. The second kappa shape index (κ2) is 8.68. The first-order valence-corrected chi connectivity index (χ1v) is 5.70. The lowest BCUT2D eigenvalue weighted by Crippen LogP contribution is -2.40. The first kappa shape index (κ1) is 14.4. The number of carbonyl (C=O) groups excluding carboxylic acids is 1. The van der Waals surface area contributed by atoms with E-state index in [-0.39, 0.29) is 12.5 Å². The van der Waals surface area contributed by atoms with Crippen LogP contribution in [0.25, 0.3) is 0 Å². The Morgan fingerprint density at radius 2 is 2.07 bits per heavy atom. The van der Waals surface area contributed by atoms with Gasteiger partial charge in [-0.25, -0.2) is 0 Å². The predicted molar refractivity (Wildman–Crippen MR) is 61.7 cm³/mol. The van der Waals surface area contributed by atoms with Crippen molar-refractivity contribution in [3.63, 3.8) is 0 Å². The van der Waals surface area contributed by atoms with Crippen molar-refractivity contribution in [1.82, 2.24) is 10.2 Å². The van der Waals surface area contributed by atoms with Crippen LogP contribution in [0.5, 0.6) is 0 Å². The number of aliphatic hydroxyl groups excluding tert-OH is 1. The summed E-state index contributed by atoms with van der Waals surface area (Å²) in [6.07, 6.45) is 0.997. The molecule has 0 aromatic carbocycles. The van der Waals surface area contributed by atoms with Crippen LogP contribution in [0.2, 0.25) is 0 Å². The highest BCUT2D eigenvalue weighted by Gasteiger charge is 2.09. The minimum atomic E-state index is 0.0469. The highest BCUT2D eigenvalue weighted by molar-refractivity contribution is 5.77. The van der Waals surface area contributed by atoms with Gasteiger partial charge in [0.1, 0.15) is 0 Å². The van der Waals surface area contributed by atoms with Crippen molar-refractivity contribution in [3.05, 3.63) is 0 Å². The Labute approximate surface area is 92.7 Å². The fourth-order valence-corrected chi connectivity index (χ4v) is 1.30. The average molecular weight is 216 g/mol. The summed E-state index contributed by atoms with van der Waals surface area (Å²) in [7, 11) is 0. The molecular weight excluding hydrogens is 192 g/mol. The first-order chi connectivity index (χ1) is 7.10. The number of carbonyl (C=O) groups is 1. The molecule has 90 valence electrons. The lowest BCUT2D eigenvalue weighted by atomic mass is 10.2. The van der Waals surface area contributed by atoms with Crippen LogP contribution < -0.4 is 5.32 Å². The Morgan fingerprint density at radius 3 is 2.53 bits per heavy atom. The second-order valence-corrected chi connectivity index (χ2v) is 4.20. The number of nitrogens with zero attached hydrogens (tertiary/aromatic N) is 1. The zero-order valence-electron chi connectivity index (χ0n) is 10.1. The van der Waals surface area contributed by atoms with Crippen LogP contribution in [0.4, 0.5) is 0 Å². The molecule has 0 aromatic rings. The molecule has 0 bridgehead atoms. The number of hydrogen-bond donors (Lipinski definition) is 2. The van der Waals surface area contributed by atoms with Gasteiger partial charge in [0, 0.05) is 13.1 Å². The van der Waals surface area contributed by atoms with Crippen molar-refractivity contribution >= 4 is 5.91 Å². The molecule has 0 aliphatic heterocycles. The maximum Gasteiger partial charge on any atom is 0.234 e. The van der Waals surface area contributed by atoms with E-state index in [2.05, 4.69) is 26.1 Å². The summed E-state index contributed by atoms with van der Waals surface area (Å²) in [5, 5.41) is 11.7. The van der Waals surface area contributed by atoms with E-state index in [1.165, 1.54) is 0 Å². The smallest absolute Gasteiger partial charge is 0.234 e. The standard InChI is InChI=1S/C11H24N2O2/c1-4-5-13(6-7-14)9-11(15)12-8-10(2)3/h10,14H,4-9H2,1-3H3,(H,12,15). The third kappa shape index (κ3) is 8.39. The van der Waals surface area contributed by atoms with Gasteiger partial charge in [0.15, 0.2) is 0 Å². The molecule has 0 aliphatic carbocycles. The minimum Gasteiger partial charge on any atom is -0.395 e. The normalized spacial score (nSPS) is 11.1. The zero-order chi connectivity index (χ0) is 11.7. The molecule has 0 heterocycles. The summed E-state index contributed by atoms with van der Waals surface area (Å²) in [6.45, 7) is 8.85. The van der Waals surface area contributed by atoms with Crippen LogP contribution >= 0.6 is 0 Å². The molecule has 4 heteroatoms. The Bertz CT molecular complexity index is 166. The van der Waals surface area contributed by atoms with E-state index >= 15 is 0 Å². The Kier molecular flexibility index (Phi) is 8.33. The van der Waals surface area contributed by atoms with E-state index < -0.39 is 0 Å². The van der Waals surface area contributed by atoms with Gasteiger partial charge in [0.25, 0.3) is 0 Å². The molecular formula is C11H24N2O2. The van der Waals surface area contributed by atoms with E-state index in [0.29, 0.717) is 19.0 Å². The number of rotatable bonds is 8. The summed E-state index contributed by atoms with van der Waals surface area (Å²) in [5.41, 5.74) is 0. The number of amides is 1. The van der Waals surface area contributed by atoms with Crippen molar-refractivity contribution in [2.24, 2.45) is 5.92 Å². The fourth-order valence-electron chi connectivity index (χ4n) is 1.30. The maximum absolute atomic E-state index is 11.5. The lowest BCUT2D eigenvalue weighted by molar-refractivity contribution is -0.122. The van der Waals surface area contributed by atoms with E-state index in [0.717, 1.165) is 19.5 Å². The van der Waals surface area contributed by atoms with Crippen molar-refractivity contribution in [2.75, 3.05) is 32.8 Å². The monoisotopic (exact) mass is 216 g/mol. The summed E-state index contributed by atoms with van der Waals surface area (Å²) in [6, 6.07) is 0. The molecule has 0 atom stereocenters. The summed E-state index contributed by atoms with van der Waals surface area (Å²) in [4.78, 5) is 13.4. The molecule has 0 radical (unpaired) electrons. The summed E-state index contributed by atoms with van der Waals surface area (Å²) < 4.78 is 0. The van der Waals surface area contributed by atoms with Gasteiger partial charge < -0.3 is 10.4 Å². The maximum atomic E-state index is 11.5. The highest BCUT2D eigenvalue weighted by atomic mass is 16.3. The molecule has 0 aromatic heterocycles. The highest BCUT2D eigenvalue weighted by Crippen LogP contribution is 1.92. The third-order valence-corrected chi connectivity index (χ3v) is 2.03. The Morgan fingerprint density at radius 1 is 1.40 bits per heavy atom. The van der Waals surface area contributed by atoms with Gasteiger partial charge in [-0.15, -0.1) is 0 Å². The number of aliphatic hydroxyl groups is 1. The van der Waals surface area contributed by atoms with Crippen molar-refractivity contribution < 1.29 is 9.90 Å². The van der Waals surface area contributed by atoms with Crippen LogP contribution in [0.3, 0.4) is 0 Å². The molecule has 0 fully saturated rings. The third-order valence-electron chi connectivity index (χ3n) is 2.03. The van der Waals surface area contributed by atoms with Crippen LogP contribution in [0, 0.1) is 5.92 Å². The van der Waals surface area contributed by atoms with Crippen molar-refractivity contribution in [2.45, 2.75) is 27.2 Å². The van der Waals surface area contributed by atoms with Crippen LogP contribution in [-0.4, -0.2) is 48.7 Å². The van der Waals surface area contributed by atoms with E-state index in [1.807, 2.05) is 4.90 Å². The SMILES string of the molecule is CCCN(CCO)CC(=O)NCC(C)C. The molecule has 1 amide bonds. The van der Waals surface area contributed by atoms with Crippen molar-refractivity contribution in [1.29, 1.82) is 0 Å². The molecule has 0 saturated heterocycles. The number of hydrogen-bond acceptors (Lipinski definition) is 3. The summed E-state index contributed by atoms with van der Waals surface area (Å²) in [5.74, 6) is 0.525. The van der Waals surface area contributed by atoms with Gasteiger partial charge in [-0.05, 0) is 18.9 Å². The quantitative estimate of drug-likeness (QED) is 0.620. The van der Waals surface area contributed by atoms with Crippen molar-refractivity contribution in [3.8, 4) is 0 Å². The Balaban J connectivity index is 3.77. The minimum absolute atomic E-state index is 0.0469. The van der Waals surface area contributed by atoms with Gasteiger partial charge in [-0.2, -0.15) is 0 Å².